The molecule has 8 N–H and O–H groups in total. The predicted molar refractivity (Wildman–Crippen MR) is 99.6 cm³/mol. The van der Waals surface area contributed by atoms with Crippen LogP contribution in [0, 0.1) is 5.92 Å². The highest BCUT2D eigenvalue weighted by Crippen LogP contribution is 2.08. The lowest BCUT2D eigenvalue weighted by molar-refractivity contribution is -0.143. The summed E-state index contributed by atoms with van der Waals surface area (Å²) in [6.07, 6.45) is -0.0113. The van der Waals surface area contributed by atoms with Crippen molar-refractivity contribution in [1.82, 2.24) is 16.0 Å². The number of carbonyl (C=O) groups is 5. The maximum atomic E-state index is 12.3. The summed E-state index contributed by atoms with van der Waals surface area (Å²) < 4.78 is 0. The fourth-order valence-corrected chi connectivity index (χ4v) is 2.13. The van der Waals surface area contributed by atoms with Gasteiger partial charge in [0.25, 0.3) is 0 Å². The first-order valence-corrected chi connectivity index (χ1v) is 8.91. The molecule has 4 atom stereocenters. The Morgan fingerprint density at radius 3 is 2.15 bits per heavy atom. The zero-order valence-corrected chi connectivity index (χ0v) is 16.1. The number of nitrogens with two attached hydrogens (primary N) is 2. The molecule has 27 heavy (non-hydrogen) atoms. The number of hydrogen-bond acceptors (Lipinski definition) is 7. The second-order valence-corrected chi connectivity index (χ2v) is 6.37. The normalized spacial score (nSPS) is 15.0. The van der Waals surface area contributed by atoms with Crippen molar-refractivity contribution in [2.45, 2.75) is 44.8 Å². The van der Waals surface area contributed by atoms with Gasteiger partial charge in [-0.1, -0.05) is 20.3 Å². The molecule has 0 fully saturated rings. The van der Waals surface area contributed by atoms with Crippen molar-refractivity contribution in [3.8, 4) is 0 Å². The number of nitrogens with one attached hydrogen (secondary N) is 3. The lowest BCUT2D eigenvalue weighted by Crippen LogP contribution is -2.56. The molecule has 0 saturated carbocycles. The monoisotopic (exact) mass is 405 g/mol. The molecule has 0 radical (unpaired) electrons. The van der Waals surface area contributed by atoms with E-state index < -0.39 is 60.7 Å². The SMILES string of the molecule is CCC(C)C(NC(=O)C(N)CS)C(=O)NCC(=O)NC(CC(N)=O)C(=O)O. The van der Waals surface area contributed by atoms with Gasteiger partial charge in [0, 0.05) is 5.75 Å². The largest absolute Gasteiger partial charge is 0.480 e. The maximum absolute atomic E-state index is 12.3. The van der Waals surface area contributed by atoms with Crippen LogP contribution in [-0.4, -0.2) is 65.1 Å². The summed E-state index contributed by atoms with van der Waals surface area (Å²) in [5.74, 6) is -4.47. The molecule has 0 spiro atoms. The van der Waals surface area contributed by atoms with E-state index in [4.69, 9.17) is 16.6 Å². The molecule has 0 bridgehead atoms. The van der Waals surface area contributed by atoms with Gasteiger partial charge in [-0.15, -0.1) is 0 Å². The van der Waals surface area contributed by atoms with Crippen LogP contribution in [0.1, 0.15) is 26.7 Å². The number of aliphatic carboxylic acids is 1. The van der Waals surface area contributed by atoms with Crippen molar-refractivity contribution in [3.63, 3.8) is 0 Å². The molecule has 0 saturated heterocycles. The number of carboxylic acids is 1. The highest BCUT2D eigenvalue weighted by Gasteiger charge is 2.28. The third-order valence-electron chi connectivity index (χ3n) is 3.79. The minimum absolute atomic E-state index is 0.0968. The van der Waals surface area contributed by atoms with Crippen LogP contribution in [0.15, 0.2) is 0 Å². The quantitative estimate of drug-likeness (QED) is 0.172. The highest BCUT2D eigenvalue weighted by molar-refractivity contribution is 7.80. The van der Waals surface area contributed by atoms with Gasteiger partial charge in [0.15, 0.2) is 0 Å². The molecule has 11 nitrogen and oxygen atoms in total. The van der Waals surface area contributed by atoms with Crippen LogP contribution in [0.3, 0.4) is 0 Å². The minimum Gasteiger partial charge on any atom is -0.480 e. The fraction of sp³-hybridized carbons (Fsp3) is 0.667. The Hall–Kier alpha value is -2.34. The van der Waals surface area contributed by atoms with Crippen molar-refractivity contribution in [2.24, 2.45) is 17.4 Å². The molecule has 4 unspecified atom stereocenters. The van der Waals surface area contributed by atoms with Gasteiger partial charge in [-0.3, -0.25) is 19.2 Å². The van der Waals surface area contributed by atoms with Gasteiger partial charge in [-0.2, -0.15) is 12.6 Å². The summed E-state index contributed by atoms with van der Waals surface area (Å²) in [7, 11) is 0. The average molecular weight is 405 g/mol. The molecule has 0 aliphatic rings. The third-order valence-corrected chi connectivity index (χ3v) is 4.18. The third kappa shape index (κ3) is 9.24. The molecule has 0 aromatic carbocycles. The van der Waals surface area contributed by atoms with Crippen LogP contribution in [0.4, 0.5) is 0 Å². The highest BCUT2D eigenvalue weighted by atomic mass is 32.1. The Bertz CT molecular complexity index is 573. The first-order chi connectivity index (χ1) is 12.5. The Morgan fingerprint density at radius 1 is 1.11 bits per heavy atom. The Balaban J connectivity index is 4.83. The molecule has 12 heteroatoms. The van der Waals surface area contributed by atoms with Crippen molar-refractivity contribution < 1.29 is 29.1 Å². The topological polar surface area (TPSA) is 194 Å². The van der Waals surface area contributed by atoms with E-state index in [1.54, 1.807) is 6.92 Å². The number of primary amides is 1. The number of rotatable bonds is 12. The number of amides is 4. The van der Waals surface area contributed by atoms with Crippen molar-refractivity contribution >= 4 is 42.2 Å². The zero-order valence-electron chi connectivity index (χ0n) is 15.2. The molecule has 0 aromatic heterocycles. The molecule has 0 rings (SSSR count). The van der Waals surface area contributed by atoms with E-state index in [1.165, 1.54) is 0 Å². The lowest BCUT2D eigenvalue weighted by atomic mass is 9.98. The Morgan fingerprint density at radius 2 is 1.70 bits per heavy atom. The molecule has 0 aliphatic heterocycles. The summed E-state index contributed by atoms with van der Waals surface area (Å²) in [6.45, 7) is 3.02. The van der Waals surface area contributed by atoms with Crippen molar-refractivity contribution in [1.29, 1.82) is 0 Å². The van der Waals surface area contributed by atoms with Crippen LogP contribution in [0.25, 0.3) is 0 Å². The summed E-state index contributed by atoms with van der Waals surface area (Å²) in [4.78, 5) is 57.9. The molecule has 4 amide bonds. The van der Waals surface area contributed by atoms with E-state index in [2.05, 4.69) is 28.6 Å². The van der Waals surface area contributed by atoms with E-state index in [0.717, 1.165) is 0 Å². The fourth-order valence-electron chi connectivity index (χ4n) is 1.97. The second kappa shape index (κ2) is 12.1. The second-order valence-electron chi connectivity index (χ2n) is 6.01. The van der Waals surface area contributed by atoms with Gasteiger partial charge in [0.2, 0.25) is 23.6 Å². The van der Waals surface area contributed by atoms with Gasteiger partial charge < -0.3 is 32.5 Å². The predicted octanol–water partition coefficient (Wildman–Crippen LogP) is -2.66. The van der Waals surface area contributed by atoms with Crippen LogP contribution < -0.4 is 27.4 Å². The van der Waals surface area contributed by atoms with Gasteiger partial charge in [0.1, 0.15) is 12.1 Å². The summed E-state index contributed by atoms with van der Waals surface area (Å²) in [6, 6.07) is -3.31. The van der Waals surface area contributed by atoms with E-state index in [1.807, 2.05) is 6.92 Å². The maximum Gasteiger partial charge on any atom is 0.326 e. The molecular formula is C15H27N5O6S. The zero-order chi connectivity index (χ0) is 21.1. The summed E-state index contributed by atoms with van der Waals surface area (Å²) in [5.41, 5.74) is 10.5. The molecule has 0 aliphatic carbocycles. The van der Waals surface area contributed by atoms with Crippen LogP contribution in [0.5, 0.6) is 0 Å². The average Bonchev–Trinajstić information content (AvgIpc) is 2.61. The number of carbonyl (C=O) groups excluding carboxylic acids is 4. The van der Waals surface area contributed by atoms with E-state index >= 15 is 0 Å². The smallest absolute Gasteiger partial charge is 0.326 e. The van der Waals surface area contributed by atoms with Crippen LogP contribution in [0.2, 0.25) is 0 Å². The van der Waals surface area contributed by atoms with Gasteiger partial charge in [0.05, 0.1) is 19.0 Å². The summed E-state index contributed by atoms with van der Waals surface area (Å²) in [5, 5.41) is 15.9. The van der Waals surface area contributed by atoms with E-state index in [9.17, 15) is 24.0 Å². The van der Waals surface area contributed by atoms with Gasteiger partial charge in [-0.25, -0.2) is 4.79 Å². The number of carboxylic acid groups (broad SMARTS) is 1. The van der Waals surface area contributed by atoms with Gasteiger partial charge >= 0.3 is 5.97 Å². The summed E-state index contributed by atoms with van der Waals surface area (Å²) >= 11 is 3.92. The molecule has 154 valence electrons. The lowest BCUT2D eigenvalue weighted by Gasteiger charge is -2.24. The van der Waals surface area contributed by atoms with E-state index in [-0.39, 0.29) is 11.7 Å². The molecule has 0 aromatic rings. The Labute approximate surface area is 162 Å². The van der Waals surface area contributed by atoms with Crippen molar-refractivity contribution in [3.05, 3.63) is 0 Å². The standard InChI is InChI=1S/C15H27N5O6S/c1-3-7(2)12(20-13(23)8(16)6-27)14(24)18-5-11(22)19-9(15(25)26)4-10(17)21/h7-9,12,27H,3-6,16H2,1-2H3,(H2,17,21)(H,18,24)(H,19,22)(H,20,23)(H,25,26). The van der Waals surface area contributed by atoms with Crippen LogP contribution >= 0.6 is 12.6 Å². The van der Waals surface area contributed by atoms with E-state index in [0.29, 0.717) is 6.42 Å². The first-order valence-electron chi connectivity index (χ1n) is 8.28. The molecular weight excluding hydrogens is 378 g/mol. The number of hydrogen-bond donors (Lipinski definition) is 7. The van der Waals surface area contributed by atoms with Crippen LogP contribution in [-0.2, 0) is 24.0 Å². The molecule has 0 heterocycles. The minimum atomic E-state index is -1.50. The van der Waals surface area contributed by atoms with Gasteiger partial charge in [-0.05, 0) is 5.92 Å². The number of thiol groups is 1. The van der Waals surface area contributed by atoms with Crippen molar-refractivity contribution in [2.75, 3.05) is 12.3 Å². The first kappa shape index (κ1) is 24.7. The Kier molecular flexibility index (Phi) is 11.1.